The molecule has 116 valence electrons. The Kier molecular flexibility index (Phi) is 4.13. The Balaban J connectivity index is 1.92. The summed E-state index contributed by atoms with van der Waals surface area (Å²) in [6.07, 6.45) is 3.03. The van der Waals surface area contributed by atoms with Gasteiger partial charge in [0.15, 0.2) is 0 Å². The third-order valence-electron chi connectivity index (χ3n) is 3.72. The molecule has 6 heteroatoms. The Bertz CT molecular complexity index is 760. The first-order valence-corrected chi connectivity index (χ1v) is 8.78. The van der Waals surface area contributed by atoms with Crippen molar-refractivity contribution in [3.8, 4) is 5.75 Å². The molecule has 1 aromatic heterocycles. The molecular weight excluding hydrogens is 300 g/mol. The van der Waals surface area contributed by atoms with Crippen molar-refractivity contribution in [2.75, 3.05) is 6.61 Å². The molecule has 2 heterocycles. The van der Waals surface area contributed by atoms with Gasteiger partial charge in [-0.25, -0.2) is 13.1 Å². The van der Waals surface area contributed by atoms with E-state index in [9.17, 15) is 8.42 Å². The first-order valence-electron chi connectivity index (χ1n) is 7.30. The van der Waals surface area contributed by atoms with Crippen LogP contribution in [0.3, 0.4) is 0 Å². The summed E-state index contributed by atoms with van der Waals surface area (Å²) in [4.78, 5) is 4.45. The molecule has 1 N–H and O–H groups in total. The maximum absolute atomic E-state index is 12.7. The number of benzene rings is 1. The van der Waals surface area contributed by atoms with Gasteiger partial charge in [-0.2, -0.15) is 0 Å². The van der Waals surface area contributed by atoms with Crippen LogP contribution < -0.4 is 9.46 Å². The SMILES string of the molecule is CC[C@@H](NS(=O)(=O)c1cccc2c1OCC2)c1ccccn1. The molecule has 0 fully saturated rings. The molecular formula is C16H18N2O3S. The van der Waals surface area contributed by atoms with Crippen molar-refractivity contribution in [1.29, 1.82) is 0 Å². The molecule has 0 saturated heterocycles. The zero-order chi connectivity index (χ0) is 15.6. The van der Waals surface area contributed by atoms with Crippen LogP contribution in [0, 0.1) is 0 Å². The molecule has 22 heavy (non-hydrogen) atoms. The summed E-state index contributed by atoms with van der Waals surface area (Å²) >= 11 is 0. The highest BCUT2D eigenvalue weighted by Gasteiger charge is 2.27. The Morgan fingerprint density at radius 1 is 1.27 bits per heavy atom. The highest BCUT2D eigenvalue weighted by molar-refractivity contribution is 7.89. The fourth-order valence-electron chi connectivity index (χ4n) is 2.58. The number of aromatic nitrogens is 1. The van der Waals surface area contributed by atoms with E-state index >= 15 is 0 Å². The van der Waals surface area contributed by atoms with E-state index in [1.807, 2.05) is 31.2 Å². The van der Waals surface area contributed by atoms with Crippen molar-refractivity contribution in [2.45, 2.75) is 30.7 Å². The van der Waals surface area contributed by atoms with E-state index in [-0.39, 0.29) is 10.9 Å². The van der Waals surface area contributed by atoms with Crippen LogP contribution in [0.2, 0.25) is 0 Å². The number of pyridine rings is 1. The lowest BCUT2D eigenvalue weighted by atomic mass is 10.1. The van der Waals surface area contributed by atoms with E-state index in [1.165, 1.54) is 0 Å². The summed E-state index contributed by atoms with van der Waals surface area (Å²) in [6.45, 7) is 2.45. The van der Waals surface area contributed by atoms with Crippen LogP contribution in [-0.2, 0) is 16.4 Å². The summed E-state index contributed by atoms with van der Waals surface area (Å²) in [6, 6.07) is 10.4. The molecule has 0 unspecified atom stereocenters. The molecule has 1 aliphatic heterocycles. The molecule has 5 nitrogen and oxygen atoms in total. The standard InChI is InChI=1S/C16H18N2O3S/c1-2-13(14-7-3-4-10-17-14)18-22(19,20)15-8-5-6-12-9-11-21-16(12)15/h3-8,10,13,18H,2,9,11H2,1H3/t13-/m1/s1. The predicted octanol–water partition coefficient (Wildman–Crippen LogP) is 2.45. The molecule has 0 aliphatic carbocycles. The van der Waals surface area contributed by atoms with E-state index in [1.54, 1.807) is 18.3 Å². The van der Waals surface area contributed by atoms with E-state index < -0.39 is 10.0 Å². The molecule has 0 spiro atoms. The van der Waals surface area contributed by atoms with Crippen LogP contribution in [0.1, 0.15) is 30.6 Å². The quantitative estimate of drug-likeness (QED) is 0.919. The molecule has 3 rings (SSSR count). The predicted molar refractivity (Wildman–Crippen MR) is 83.2 cm³/mol. The largest absolute Gasteiger partial charge is 0.492 e. The second-order valence-corrected chi connectivity index (χ2v) is 6.86. The second-order valence-electron chi connectivity index (χ2n) is 5.18. The minimum atomic E-state index is -3.66. The Morgan fingerprint density at radius 3 is 2.86 bits per heavy atom. The number of nitrogens with zero attached hydrogens (tertiary/aromatic N) is 1. The van der Waals surface area contributed by atoms with Crippen LogP contribution in [-0.4, -0.2) is 20.0 Å². The van der Waals surface area contributed by atoms with Gasteiger partial charge in [-0.15, -0.1) is 0 Å². The van der Waals surface area contributed by atoms with E-state index in [0.717, 1.165) is 12.0 Å². The normalized spacial score (nSPS) is 15.1. The van der Waals surface area contributed by atoms with Crippen LogP contribution in [0.5, 0.6) is 5.75 Å². The number of sulfonamides is 1. The summed E-state index contributed by atoms with van der Waals surface area (Å²) in [5.74, 6) is 0.478. The monoisotopic (exact) mass is 318 g/mol. The van der Waals surface area contributed by atoms with Crippen LogP contribution in [0.25, 0.3) is 0 Å². The summed E-state index contributed by atoms with van der Waals surface area (Å²) in [7, 11) is -3.66. The zero-order valence-corrected chi connectivity index (χ0v) is 13.1. The van der Waals surface area contributed by atoms with Crippen molar-refractivity contribution in [3.63, 3.8) is 0 Å². The lowest BCUT2D eigenvalue weighted by molar-refractivity contribution is 0.348. The third-order valence-corrected chi connectivity index (χ3v) is 5.21. The second kappa shape index (κ2) is 6.06. The number of nitrogens with one attached hydrogen (secondary N) is 1. The van der Waals surface area contributed by atoms with Gasteiger partial charge < -0.3 is 4.74 Å². The summed E-state index contributed by atoms with van der Waals surface area (Å²) in [5, 5.41) is 0. The van der Waals surface area contributed by atoms with Gasteiger partial charge in [0.2, 0.25) is 10.0 Å². The fraction of sp³-hybridized carbons (Fsp3) is 0.312. The van der Waals surface area contributed by atoms with Gasteiger partial charge in [0.1, 0.15) is 10.6 Å². The number of ether oxygens (including phenoxy) is 1. The molecule has 1 aromatic carbocycles. The summed E-state index contributed by atoms with van der Waals surface area (Å²) < 4.78 is 33.7. The Labute approximate surface area is 130 Å². The first-order chi connectivity index (χ1) is 10.6. The topological polar surface area (TPSA) is 68.3 Å². The number of hydrogen-bond acceptors (Lipinski definition) is 4. The van der Waals surface area contributed by atoms with Gasteiger partial charge in [-0.05, 0) is 30.2 Å². The van der Waals surface area contributed by atoms with Gasteiger partial charge in [0.25, 0.3) is 0 Å². The van der Waals surface area contributed by atoms with Crippen LogP contribution >= 0.6 is 0 Å². The van der Waals surface area contributed by atoms with Crippen molar-refractivity contribution < 1.29 is 13.2 Å². The van der Waals surface area contributed by atoms with E-state index in [2.05, 4.69) is 9.71 Å². The van der Waals surface area contributed by atoms with Crippen molar-refractivity contribution in [1.82, 2.24) is 9.71 Å². The van der Waals surface area contributed by atoms with Gasteiger partial charge in [-0.3, -0.25) is 4.98 Å². The molecule has 0 radical (unpaired) electrons. The number of rotatable bonds is 5. The van der Waals surface area contributed by atoms with Gasteiger partial charge in [0, 0.05) is 12.6 Å². The van der Waals surface area contributed by atoms with Crippen molar-refractivity contribution in [2.24, 2.45) is 0 Å². The molecule has 0 amide bonds. The highest BCUT2D eigenvalue weighted by Crippen LogP contribution is 2.33. The van der Waals surface area contributed by atoms with E-state index in [0.29, 0.717) is 24.5 Å². The lowest BCUT2D eigenvalue weighted by Gasteiger charge is -2.17. The minimum Gasteiger partial charge on any atom is -0.492 e. The third kappa shape index (κ3) is 2.84. The number of hydrogen-bond donors (Lipinski definition) is 1. The fourth-order valence-corrected chi connectivity index (χ4v) is 4.06. The molecule has 1 atom stereocenters. The average molecular weight is 318 g/mol. The zero-order valence-electron chi connectivity index (χ0n) is 12.3. The van der Waals surface area contributed by atoms with Gasteiger partial charge >= 0.3 is 0 Å². The Hall–Kier alpha value is -1.92. The van der Waals surface area contributed by atoms with Gasteiger partial charge in [0.05, 0.1) is 18.3 Å². The highest BCUT2D eigenvalue weighted by atomic mass is 32.2. The van der Waals surface area contributed by atoms with E-state index in [4.69, 9.17) is 4.74 Å². The number of fused-ring (bicyclic) bond motifs is 1. The number of para-hydroxylation sites is 1. The maximum Gasteiger partial charge on any atom is 0.244 e. The molecule has 0 bridgehead atoms. The maximum atomic E-state index is 12.7. The molecule has 0 saturated carbocycles. The summed E-state index contributed by atoms with van der Waals surface area (Å²) in [5.41, 5.74) is 1.65. The minimum absolute atomic E-state index is 0.205. The van der Waals surface area contributed by atoms with Crippen molar-refractivity contribution in [3.05, 3.63) is 53.9 Å². The van der Waals surface area contributed by atoms with Crippen LogP contribution in [0.4, 0.5) is 0 Å². The lowest BCUT2D eigenvalue weighted by Crippen LogP contribution is -2.29. The average Bonchev–Trinajstić information content (AvgIpc) is 3.01. The molecule has 1 aliphatic rings. The first kappa shape index (κ1) is 15.0. The molecule has 2 aromatic rings. The van der Waals surface area contributed by atoms with Crippen LogP contribution in [0.15, 0.2) is 47.5 Å². The van der Waals surface area contributed by atoms with Gasteiger partial charge in [-0.1, -0.05) is 25.1 Å². The smallest absolute Gasteiger partial charge is 0.244 e. The Morgan fingerprint density at radius 2 is 2.14 bits per heavy atom. The van der Waals surface area contributed by atoms with Crippen molar-refractivity contribution >= 4 is 10.0 Å².